The molecule has 4 nitrogen and oxygen atoms in total. The summed E-state index contributed by atoms with van der Waals surface area (Å²) in [6.45, 7) is 1.52. The Morgan fingerprint density at radius 1 is 1.58 bits per heavy atom. The maximum absolute atomic E-state index is 10.8. The second kappa shape index (κ2) is 4.30. The van der Waals surface area contributed by atoms with Gasteiger partial charge in [0.1, 0.15) is 0 Å². The van der Waals surface area contributed by atoms with E-state index < -0.39 is 0 Å². The fourth-order valence-electron chi connectivity index (χ4n) is 1.58. The lowest BCUT2D eigenvalue weighted by Gasteiger charge is -2.20. The predicted octanol–water partition coefficient (Wildman–Crippen LogP) is 0.159. The SMILES string of the molecule is NC(=O)N1CCCCC(CO)C1. The van der Waals surface area contributed by atoms with E-state index in [1.165, 1.54) is 0 Å². The summed E-state index contributed by atoms with van der Waals surface area (Å²) < 4.78 is 0. The minimum absolute atomic E-state index is 0.157. The Bertz CT molecular complexity index is 161. The van der Waals surface area contributed by atoms with E-state index in [2.05, 4.69) is 0 Å². The van der Waals surface area contributed by atoms with Gasteiger partial charge < -0.3 is 15.7 Å². The first-order valence-electron chi connectivity index (χ1n) is 4.39. The molecule has 1 fully saturated rings. The number of nitrogens with two attached hydrogens (primary N) is 1. The Balaban J connectivity index is 2.47. The Kier molecular flexibility index (Phi) is 3.34. The van der Waals surface area contributed by atoms with Crippen molar-refractivity contribution in [2.75, 3.05) is 19.7 Å². The number of likely N-dealkylation sites (tertiary alicyclic amines) is 1. The van der Waals surface area contributed by atoms with Gasteiger partial charge in [-0.3, -0.25) is 0 Å². The van der Waals surface area contributed by atoms with Gasteiger partial charge in [-0.2, -0.15) is 0 Å². The van der Waals surface area contributed by atoms with E-state index in [1.54, 1.807) is 4.90 Å². The minimum atomic E-state index is -0.365. The molecule has 1 saturated heterocycles. The molecule has 0 bridgehead atoms. The van der Waals surface area contributed by atoms with Crippen molar-refractivity contribution < 1.29 is 9.90 Å². The fraction of sp³-hybridized carbons (Fsp3) is 0.875. The van der Waals surface area contributed by atoms with Crippen LogP contribution in [-0.2, 0) is 0 Å². The zero-order valence-corrected chi connectivity index (χ0v) is 7.20. The number of rotatable bonds is 1. The second-order valence-electron chi connectivity index (χ2n) is 3.33. The van der Waals surface area contributed by atoms with Gasteiger partial charge in [-0.15, -0.1) is 0 Å². The summed E-state index contributed by atoms with van der Waals surface area (Å²) in [5, 5.41) is 8.94. The highest BCUT2D eigenvalue weighted by Crippen LogP contribution is 2.15. The van der Waals surface area contributed by atoms with Crippen molar-refractivity contribution in [3.8, 4) is 0 Å². The molecule has 70 valence electrons. The van der Waals surface area contributed by atoms with E-state index in [-0.39, 0.29) is 18.6 Å². The van der Waals surface area contributed by atoms with Crippen molar-refractivity contribution in [1.29, 1.82) is 0 Å². The number of primary amides is 1. The Morgan fingerprint density at radius 3 is 2.92 bits per heavy atom. The molecule has 3 N–H and O–H groups in total. The van der Waals surface area contributed by atoms with Crippen LogP contribution in [0.4, 0.5) is 4.79 Å². The molecule has 0 aromatic rings. The average Bonchev–Trinajstić information content (AvgIpc) is 2.28. The third-order valence-corrected chi connectivity index (χ3v) is 2.34. The van der Waals surface area contributed by atoms with Gasteiger partial charge in [-0.1, -0.05) is 6.42 Å². The summed E-state index contributed by atoms with van der Waals surface area (Å²) in [6.07, 6.45) is 3.08. The Labute approximate surface area is 72.3 Å². The Hall–Kier alpha value is -0.770. The molecule has 1 rings (SSSR count). The largest absolute Gasteiger partial charge is 0.396 e. The molecule has 1 heterocycles. The quantitative estimate of drug-likeness (QED) is 0.591. The van der Waals surface area contributed by atoms with Gasteiger partial charge in [0, 0.05) is 19.7 Å². The molecule has 0 aliphatic carbocycles. The minimum Gasteiger partial charge on any atom is -0.396 e. The molecule has 2 amide bonds. The van der Waals surface area contributed by atoms with Crippen LogP contribution in [-0.4, -0.2) is 35.7 Å². The van der Waals surface area contributed by atoms with Gasteiger partial charge in [0.15, 0.2) is 0 Å². The number of hydrogen-bond acceptors (Lipinski definition) is 2. The molecule has 1 atom stereocenters. The van der Waals surface area contributed by atoms with Gasteiger partial charge >= 0.3 is 6.03 Å². The van der Waals surface area contributed by atoms with Crippen LogP contribution < -0.4 is 5.73 Å². The van der Waals surface area contributed by atoms with Crippen molar-refractivity contribution >= 4 is 6.03 Å². The van der Waals surface area contributed by atoms with Crippen LogP contribution in [0.2, 0.25) is 0 Å². The van der Waals surface area contributed by atoms with Crippen LogP contribution >= 0.6 is 0 Å². The molecule has 1 aliphatic rings. The number of aliphatic hydroxyl groups excluding tert-OH is 1. The van der Waals surface area contributed by atoms with Crippen molar-refractivity contribution in [2.45, 2.75) is 19.3 Å². The van der Waals surface area contributed by atoms with Crippen LogP contribution in [0.1, 0.15) is 19.3 Å². The maximum atomic E-state index is 10.8. The summed E-state index contributed by atoms with van der Waals surface area (Å²) in [6, 6.07) is -0.365. The van der Waals surface area contributed by atoms with E-state index >= 15 is 0 Å². The van der Waals surface area contributed by atoms with Crippen molar-refractivity contribution in [3.63, 3.8) is 0 Å². The lowest BCUT2D eigenvalue weighted by molar-refractivity contribution is 0.173. The highest BCUT2D eigenvalue weighted by molar-refractivity contribution is 5.71. The van der Waals surface area contributed by atoms with Crippen LogP contribution in [0.25, 0.3) is 0 Å². The highest BCUT2D eigenvalue weighted by Gasteiger charge is 2.19. The molecule has 0 spiro atoms. The van der Waals surface area contributed by atoms with Crippen LogP contribution in [0.5, 0.6) is 0 Å². The monoisotopic (exact) mass is 172 g/mol. The van der Waals surface area contributed by atoms with Crippen LogP contribution in [0, 0.1) is 5.92 Å². The van der Waals surface area contributed by atoms with E-state index in [4.69, 9.17) is 10.8 Å². The van der Waals surface area contributed by atoms with Gasteiger partial charge in [-0.05, 0) is 18.8 Å². The topological polar surface area (TPSA) is 66.6 Å². The number of carbonyl (C=O) groups is 1. The number of aliphatic hydroxyl groups is 1. The third kappa shape index (κ3) is 2.37. The molecule has 0 saturated carbocycles. The number of amides is 2. The molecule has 0 aromatic heterocycles. The zero-order valence-electron chi connectivity index (χ0n) is 7.20. The molecule has 0 aromatic carbocycles. The first-order chi connectivity index (χ1) is 5.74. The van der Waals surface area contributed by atoms with E-state index in [1.807, 2.05) is 0 Å². The normalized spacial score (nSPS) is 25.1. The predicted molar refractivity (Wildman–Crippen MR) is 45.6 cm³/mol. The number of hydrogen-bond donors (Lipinski definition) is 2. The number of carbonyl (C=O) groups excluding carboxylic acids is 1. The highest BCUT2D eigenvalue weighted by atomic mass is 16.3. The van der Waals surface area contributed by atoms with E-state index in [0.29, 0.717) is 6.54 Å². The average molecular weight is 172 g/mol. The van der Waals surface area contributed by atoms with Crippen molar-refractivity contribution in [1.82, 2.24) is 4.90 Å². The van der Waals surface area contributed by atoms with E-state index in [0.717, 1.165) is 25.8 Å². The first kappa shape index (κ1) is 9.32. The molecular formula is C8H16N2O2. The van der Waals surface area contributed by atoms with Gasteiger partial charge in [0.25, 0.3) is 0 Å². The smallest absolute Gasteiger partial charge is 0.314 e. The summed E-state index contributed by atoms with van der Waals surface area (Å²) in [7, 11) is 0. The summed E-state index contributed by atoms with van der Waals surface area (Å²) in [4.78, 5) is 12.5. The molecule has 4 heteroatoms. The molecule has 12 heavy (non-hydrogen) atoms. The zero-order chi connectivity index (χ0) is 8.97. The lowest BCUT2D eigenvalue weighted by atomic mass is 10.1. The fourth-order valence-corrected chi connectivity index (χ4v) is 1.58. The van der Waals surface area contributed by atoms with Gasteiger partial charge in [0.2, 0.25) is 0 Å². The van der Waals surface area contributed by atoms with Crippen molar-refractivity contribution in [2.24, 2.45) is 11.7 Å². The Morgan fingerprint density at radius 2 is 2.33 bits per heavy atom. The summed E-state index contributed by atoms with van der Waals surface area (Å²) in [5.74, 6) is 0.222. The molecule has 1 aliphatic heterocycles. The number of nitrogens with zero attached hydrogens (tertiary/aromatic N) is 1. The van der Waals surface area contributed by atoms with Crippen LogP contribution in [0.3, 0.4) is 0 Å². The second-order valence-corrected chi connectivity index (χ2v) is 3.33. The number of urea groups is 1. The maximum Gasteiger partial charge on any atom is 0.314 e. The van der Waals surface area contributed by atoms with Crippen molar-refractivity contribution in [3.05, 3.63) is 0 Å². The molecular weight excluding hydrogens is 156 g/mol. The van der Waals surface area contributed by atoms with E-state index in [9.17, 15) is 4.79 Å². The third-order valence-electron chi connectivity index (χ3n) is 2.34. The summed E-state index contributed by atoms with van der Waals surface area (Å²) >= 11 is 0. The van der Waals surface area contributed by atoms with Gasteiger partial charge in [-0.25, -0.2) is 4.79 Å². The first-order valence-corrected chi connectivity index (χ1v) is 4.39. The summed E-state index contributed by atoms with van der Waals surface area (Å²) in [5.41, 5.74) is 5.16. The van der Waals surface area contributed by atoms with Gasteiger partial charge in [0.05, 0.1) is 0 Å². The molecule has 0 radical (unpaired) electrons. The van der Waals surface area contributed by atoms with Crippen LogP contribution in [0.15, 0.2) is 0 Å². The molecule has 1 unspecified atom stereocenters. The lowest BCUT2D eigenvalue weighted by Crippen LogP contribution is -2.39. The standard InChI is InChI=1S/C8H16N2O2/c9-8(12)10-4-2-1-3-7(5-10)6-11/h7,11H,1-6H2,(H2,9,12).